The molecule has 0 saturated carbocycles. The summed E-state index contributed by atoms with van der Waals surface area (Å²) in [6.07, 6.45) is 4.68. The van der Waals surface area contributed by atoms with Gasteiger partial charge in [-0.05, 0) is 6.07 Å². The second-order valence-corrected chi connectivity index (χ2v) is 3.17. The van der Waals surface area contributed by atoms with E-state index in [2.05, 4.69) is 20.9 Å². The van der Waals surface area contributed by atoms with E-state index < -0.39 is 5.95 Å². The topological polar surface area (TPSA) is 12.9 Å². The van der Waals surface area contributed by atoms with Crippen LogP contribution in [0, 0.1) is 5.95 Å². The van der Waals surface area contributed by atoms with Crippen molar-refractivity contribution >= 4 is 33.6 Å². The molecule has 1 heterocycles. The van der Waals surface area contributed by atoms with E-state index in [0.717, 1.165) is 0 Å². The lowest BCUT2D eigenvalue weighted by molar-refractivity contribution is 0.581. The Morgan fingerprint density at radius 3 is 3.08 bits per heavy atom. The molecular formula is C8H6BrClFN. The van der Waals surface area contributed by atoms with Crippen LogP contribution in [0.2, 0.25) is 5.02 Å². The Morgan fingerprint density at radius 2 is 2.42 bits per heavy atom. The fraction of sp³-hybridized carbons (Fsp3) is 0.125. The third-order valence-electron chi connectivity index (χ3n) is 1.22. The summed E-state index contributed by atoms with van der Waals surface area (Å²) in [6.45, 7) is 0. The van der Waals surface area contributed by atoms with Gasteiger partial charge in [-0.25, -0.2) is 4.98 Å². The van der Waals surface area contributed by atoms with Gasteiger partial charge in [0.25, 0.3) is 0 Å². The van der Waals surface area contributed by atoms with Crippen molar-refractivity contribution in [3.63, 3.8) is 0 Å². The first-order chi connectivity index (χ1) is 5.74. The third kappa shape index (κ3) is 2.57. The molecule has 4 heteroatoms. The first-order valence-electron chi connectivity index (χ1n) is 3.27. The Bertz CT molecular complexity index is 301. The van der Waals surface area contributed by atoms with E-state index in [1.165, 1.54) is 12.3 Å². The summed E-state index contributed by atoms with van der Waals surface area (Å²) in [6, 6.07) is 1.53. The van der Waals surface area contributed by atoms with Crippen LogP contribution in [0.1, 0.15) is 5.56 Å². The molecule has 1 aromatic heterocycles. The van der Waals surface area contributed by atoms with Crippen LogP contribution in [0.5, 0.6) is 0 Å². The Hall–Kier alpha value is -0.410. The summed E-state index contributed by atoms with van der Waals surface area (Å²) in [5.41, 5.74) is 0.405. The van der Waals surface area contributed by atoms with Crippen molar-refractivity contribution in [3.05, 3.63) is 34.9 Å². The highest BCUT2D eigenvalue weighted by atomic mass is 79.9. The van der Waals surface area contributed by atoms with Crippen molar-refractivity contribution in [3.8, 4) is 0 Å². The van der Waals surface area contributed by atoms with Crippen LogP contribution < -0.4 is 0 Å². The highest BCUT2D eigenvalue weighted by molar-refractivity contribution is 9.09. The lowest BCUT2D eigenvalue weighted by Gasteiger charge is -1.95. The van der Waals surface area contributed by atoms with Crippen molar-refractivity contribution in [2.75, 3.05) is 5.33 Å². The molecule has 64 valence electrons. The molecule has 0 bridgehead atoms. The van der Waals surface area contributed by atoms with E-state index in [1.54, 1.807) is 12.2 Å². The van der Waals surface area contributed by atoms with Gasteiger partial charge in [0.1, 0.15) is 0 Å². The van der Waals surface area contributed by atoms with Crippen LogP contribution in [0.3, 0.4) is 0 Å². The van der Waals surface area contributed by atoms with Gasteiger partial charge in [0, 0.05) is 17.1 Å². The van der Waals surface area contributed by atoms with Gasteiger partial charge < -0.3 is 0 Å². The number of hydrogen-bond donors (Lipinski definition) is 0. The van der Waals surface area contributed by atoms with Crippen molar-refractivity contribution in [1.29, 1.82) is 0 Å². The Kier molecular flexibility index (Phi) is 3.69. The predicted octanol–water partition coefficient (Wildman–Crippen LogP) is 3.28. The molecule has 0 aliphatic carbocycles. The monoisotopic (exact) mass is 249 g/mol. The zero-order valence-corrected chi connectivity index (χ0v) is 8.44. The number of aromatic nitrogens is 1. The lowest BCUT2D eigenvalue weighted by atomic mass is 10.2. The molecule has 0 spiro atoms. The molecule has 0 N–H and O–H groups in total. The third-order valence-corrected chi connectivity index (χ3v) is 1.80. The summed E-state index contributed by atoms with van der Waals surface area (Å²) in [7, 11) is 0. The van der Waals surface area contributed by atoms with Gasteiger partial charge in [-0.1, -0.05) is 39.7 Å². The van der Waals surface area contributed by atoms with Crippen molar-refractivity contribution in [2.24, 2.45) is 0 Å². The molecule has 0 saturated heterocycles. The molecular weight excluding hydrogens is 244 g/mol. The molecule has 0 aromatic carbocycles. The van der Waals surface area contributed by atoms with Gasteiger partial charge in [0.2, 0.25) is 5.95 Å². The van der Waals surface area contributed by atoms with Gasteiger partial charge in [0.15, 0.2) is 0 Å². The van der Waals surface area contributed by atoms with Crippen LogP contribution in [0.15, 0.2) is 18.3 Å². The number of pyridine rings is 1. The largest absolute Gasteiger partial charge is 0.226 e. The molecule has 0 amide bonds. The molecule has 12 heavy (non-hydrogen) atoms. The molecule has 1 nitrogen and oxygen atoms in total. The summed E-state index contributed by atoms with van der Waals surface area (Å²) in [4.78, 5) is 3.47. The molecule has 0 fully saturated rings. The zero-order valence-electron chi connectivity index (χ0n) is 6.10. The van der Waals surface area contributed by atoms with Crippen molar-refractivity contribution in [1.82, 2.24) is 4.98 Å². The average Bonchev–Trinajstić information content (AvgIpc) is 2.07. The second-order valence-electron chi connectivity index (χ2n) is 2.09. The normalized spacial score (nSPS) is 10.9. The standard InChI is InChI=1S/C8H6BrClFN/c9-3-1-2-6-4-7(10)5-12-8(6)11/h1-2,4-5H,3H2. The fourth-order valence-corrected chi connectivity index (χ4v) is 1.08. The minimum Gasteiger partial charge on any atom is -0.226 e. The SMILES string of the molecule is Fc1ncc(Cl)cc1C=CCBr. The number of rotatable bonds is 2. The van der Waals surface area contributed by atoms with E-state index in [9.17, 15) is 4.39 Å². The molecule has 0 aliphatic rings. The van der Waals surface area contributed by atoms with Crippen molar-refractivity contribution < 1.29 is 4.39 Å². The molecule has 1 rings (SSSR count). The van der Waals surface area contributed by atoms with Gasteiger partial charge >= 0.3 is 0 Å². The Morgan fingerprint density at radius 1 is 1.67 bits per heavy atom. The van der Waals surface area contributed by atoms with Crippen LogP contribution >= 0.6 is 27.5 Å². The Labute approximate surface area is 83.4 Å². The number of hydrogen-bond acceptors (Lipinski definition) is 1. The Balaban J connectivity index is 2.97. The first-order valence-corrected chi connectivity index (χ1v) is 4.77. The van der Waals surface area contributed by atoms with Gasteiger partial charge in [-0.2, -0.15) is 4.39 Å². The van der Waals surface area contributed by atoms with Gasteiger partial charge in [0.05, 0.1) is 5.02 Å². The summed E-state index contributed by atoms with van der Waals surface area (Å²) < 4.78 is 12.9. The smallest absolute Gasteiger partial charge is 0.220 e. The number of nitrogens with zero attached hydrogens (tertiary/aromatic N) is 1. The number of halogens is 3. The van der Waals surface area contributed by atoms with E-state index in [4.69, 9.17) is 11.6 Å². The maximum atomic E-state index is 12.9. The summed E-state index contributed by atoms with van der Waals surface area (Å²) in [5, 5.41) is 1.12. The first kappa shape index (κ1) is 9.68. The lowest BCUT2D eigenvalue weighted by Crippen LogP contribution is -1.86. The highest BCUT2D eigenvalue weighted by Gasteiger charge is 1.99. The van der Waals surface area contributed by atoms with Crippen molar-refractivity contribution in [2.45, 2.75) is 0 Å². The zero-order chi connectivity index (χ0) is 8.97. The summed E-state index contributed by atoms with van der Waals surface area (Å²) >= 11 is 8.81. The van der Waals surface area contributed by atoms with Gasteiger partial charge in [-0.15, -0.1) is 0 Å². The summed E-state index contributed by atoms with van der Waals surface area (Å²) in [5.74, 6) is -0.503. The minimum atomic E-state index is -0.503. The second kappa shape index (κ2) is 4.58. The van der Waals surface area contributed by atoms with Crippen LogP contribution in [-0.2, 0) is 0 Å². The number of alkyl halides is 1. The average molecular weight is 250 g/mol. The van der Waals surface area contributed by atoms with Crippen LogP contribution in [0.25, 0.3) is 6.08 Å². The van der Waals surface area contributed by atoms with Gasteiger partial charge in [-0.3, -0.25) is 0 Å². The highest BCUT2D eigenvalue weighted by Crippen LogP contribution is 2.13. The maximum absolute atomic E-state index is 12.9. The fourth-order valence-electron chi connectivity index (χ4n) is 0.727. The van der Waals surface area contributed by atoms with E-state index in [1.807, 2.05) is 0 Å². The van der Waals surface area contributed by atoms with E-state index in [0.29, 0.717) is 15.9 Å². The molecule has 0 radical (unpaired) electrons. The minimum absolute atomic E-state index is 0.405. The molecule has 1 aromatic rings. The maximum Gasteiger partial charge on any atom is 0.220 e. The predicted molar refractivity (Wildman–Crippen MR) is 52.0 cm³/mol. The van der Waals surface area contributed by atoms with Crippen LogP contribution in [-0.4, -0.2) is 10.3 Å². The molecule has 0 aliphatic heterocycles. The molecule has 0 unspecified atom stereocenters. The van der Waals surface area contributed by atoms with E-state index >= 15 is 0 Å². The van der Waals surface area contributed by atoms with Crippen LogP contribution in [0.4, 0.5) is 4.39 Å². The number of allylic oxidation sites excluding steroid dienone is 1. The van der Waals surface area contributed by atoms with E-state index in [-0.39, 0.29) is 0 Å². The molecule has 0 atom stereocenters. The quantitative estimate of drug-likeness (QED) is 0.580.